The van der Waals surface area contributed by atoms with Crippen molar-refractivity contribution in [1.82, 2.24) is 9.97 Å². The van der Waals surface area contributed by atoms with Crippen LogP contribution in [0.3, 0.4) is 0 Å². The normalized spacial score (nSPS) is 11.1. The number of nitrogens with two attached hydrogens (primary N) is 1. The summed E-state index contributed by atoms with van der Waals surface area (Å²) in [6.07, 6.45) is 0.229. The van der Waals surface area contributed by atoms with Crippen molar-refractivity contribution < 1.29 is 4.74 Å². The molecule has 1 heterocycles. The van der Waals surface area contributed by atoms with E-state index in [4.69, 9.17) is 10.5 Å². The number of anilines is 2. The molecule has 0 saturated heterocycles. The summed E-state index contributed by atoms with van der Waals surface area (Å²) >= 11 is 0. The smallest absolute Gasteiger partial charge is 0.169 e. The van der Waals surface area contributed by atoms with Gasteiger partial charge in [0.1, 0.15) is 0 Å². The molecule has 0 fully saturated rings. The lowest BCUT2D eigenvalue weighted by molar-refractivity contribution is 0.0870. The number of para-hydroxylation sites is 2. The van der Waals surface area contributed by atoms with Crippen molar-refractivity contribution in [2.45, 2.75) is 20.0 Å². The van der Waals surface area contributed by atoms with Gasteiger partial charge in [-0.15, -0.1) is 0 Å². The largest absolute Gasteiger partial charge is 0.381 e. The molecule has 0 saturated carbocycles. The molecular formula is C13H18N4O. The molecule has 0 unspecified atom stereocenters. The number of fused-ring (bicyclic) bond motifs is 1. The molecule has 0 spiro atoms. The van der Waals surface area contributed by atoms with Crippen molar-refractivity contribution in [1.29, 1.82) is 0 Å². The topological polar surface area (TPSA) is 73.1 Å². The number of nitrogens with one attached hydrogen (secondary N) is 1. The SMILES string of the molecule is CC(C)OCCNc1nc2ccccc2nc1N. The highest BCUT2D eigenvalue weighted by Crippen LogP contribution is 2.17. The first-order valence-electron chi connectivity index (χ1n) is 6.04. The molecule has 0 aliphatic rings. The Balaban J connectivity index is 2.06. The maximum absolute atomic E-state index is 5.85. The number of nitrogens with zero attached hydrogens (tertiary/aromatic N) is 2. The summed E-state index contributed by atoms with van der Waals surface area (Å²) in [5.41, 5.74) is 7.49. The lowest BCUT2D eigenvalue weighted by Crippen LogP contribution is -2.15. The lowest BCUT2D eigenvalue weighted by Gasteiger charge is -2.10. The Kier molecular flexibility index (Phi) is 3.94. The first-order valence-corrected chi connectivity index (χ1v) is 6.04. The van der Waals surface area contributed by atoms with Gasteiger partial charge in [0.05, 0.1) is 23.7 Å². The van der Waals surface area contributed by atoms with E-state index in [-0.39, 0.29) is 6.10 Å². The molecule has 0 amide bonds. The highest BCUT2D eigenvalue weighted by molar-refractivity contribution is 5.79. The summed E-state index contributed by atoms with van der Waals surface area (Å²) in [7, 11) is 0. The summed E-state index contributed by atoms with van der Waals surface area (Å²) in [5.74, 6) is 1.03. The number of aromatic nitrogens is 2. The van der Waals surface area contributed by atoms with E-state index < -0.39 is 0 Å². The molecule has 1 aromatic heterocycles. The van der Waals surface area contributed by atoms with Gasteiger partial charge in [0.15, 0.2) is 11.6 Å². The standard InChI is InChI=1S/C13H18N4O/c1-9(2)18-8-7-15-13-12(14)16-10-5-3-4-6-11(10)17-13/h3-6,9H,7-8H2,1-2H3,(H2,14,16)(H,15,17). The van der Waals surface area contributed by atoms with Crippen LogP contribution < -0.4 is 11.1 Å². The molecule has 5 nitrogen and oxygen atoms in total. The van der Waals surface area contributed by atoms with Gasteiger partial charge in [-0.2, -0.15) is 0 Å². The van der Waals surface area contributed by atoms with Crippen molar-refractivity contribution >= 4 is 22.7 Å². The molecule has 0 bridgehead atoms. The monoisotopic (exact) mass is 246 g/mol. The Morgan fingerprint density at radius 2 is 1.89 bits per heavy atom. The van der Waals surface area contributed by atoms with Crippen molar-refractivity contribution in [2.24, 2.45) is 0 Å². The summed E-state index contributed by atoms with van der Waals surface area (Å²) in [6.45, 7) is 5.29. The van der Waals surface area contributed by atoms with Gasteiger partial charge in [0.2, 0.25) is 0 Å². The molecule has 2 aromatic rings. The average molecular weight is 246 g/mol. The minimum atomic E-state index is 0.229. The predicted molar refractivity (Wildman–Crippen MR) is 73.5 cm³/mol. The summed E-state index contributed by atoms with van der Waals surface area (Å²) in [4.78, 5) is 8.74. The van der Waals surface area contributed by atoms with Crippen LogP contribution in [0.25, 0.3) is 11.0 Å². The Labute approximate surface area is 106 Å². The van der Waals surface area contributed by atoms with Gasteiger partial charge in [-0.3, -0.25) is 0 Å². The van der Waals surface area contributed by atoms with E-state index in [2.05, 4.69) is 15.3 Å². The van der Waals surface area contributed by atoms with Crippen LogP contribution in [0.5, 0.6) is 0 Å². The van der Waals surface area contributed by atoms with E-state index >= 15 is 0 Å². The van der Waals surface area contributed by atoms with Crippen molar-refractivity contribution in [3.63, 3.8) is 0 Å². The first-order chi connectivity index (χ1) is 8.66. The van der Waals surface area contributed by atoms with Crippen molar-refractivity contribution in [3.8, 4) is 0 Å². The zero-order chi connectivity index (χ0) is 13.0. The van der Waals surface area contributed by atoms with Gasteiger partial charge in [0, 0.05) is 6.54 Å². The maximum atomic E-state index is 5.85. The minimum absolute atomic E-state index is 0.229. The third-order valence-electron chi connectivity index (χ3n) is 2.44. The highest BCUT2D eigenvalue weighted by atomic mass is 16.5. The van der Waals surface area contributed by atoms with Crippen molar-refractivity contribution in [2.75, 3.05) is 24.2 Å². The number of ether oxygens (including phenoxy) is 1. The van der Waals surface area contributed by atoms with E-state index in [1.54, 1.807) is 0 Å². The first kappa shape index (κ1) is 12.6. The fourth-order valence-corrected chi connectivity index (χ4v) is 1.61. The Morgan fingerprint density at radius 1 is 1.22 bits per heavy atom. The van der Waals surface area contributed by atoms with E-state index in [0.29, 0.717) is 24.8 Å². The maximum Gasteiger partial charge on any atom is 0.169 e. The third-order valence-corrected chi connectivity index (χ3v) is 2.44. The minimum Gasteiger partial charge on any atom is -0.381 e. The molecule has 0 aliphatic heterocycles. The average Bonchev–Trinajstić information content (AvgIpc) is 2.34. The summed E-state index contributed by atoms with van der Waals surface area (Å²) in [6, 6.07) is 7.65. The predicted octanol–water partition coefficient (Wildman–Crippen LogP) is 2.05. The van der Waals surface area contributed by atoms with Gasteiger partial charge >= 0.3 is 0 Å². The molecular weight excluding hydrogens is 228 g/mol. The Hall–Kier alpha value is -1.88. The molecule has 3 N–H and O–H groups in total. The summed E-state index contributed by atoms with van der Waals surface area (Å²) < 4.78 is 5.44. The second-order valence-electron chi connectivity index (χ2n) is 4.29. The van der Waals surface area contributed by atoms with Gasteiger partial charge < -0.3 is 15.8 Å². The van der Waals surface area contributed by atoms with Crippen LogP contribution in [0.4, 0.5) is 11.6 Å². The molecule has 1 aromatic carbocycles. The number of hydrogen-bond donors (Lipinski definition) is 2. The quantitative estimate of drug-likeness (QED) is 0.790. The zero-order valence-corrected chi connectivity index (χ0v) is 10.7. The number of benzene rings is 1. The number of hydrogen-bond acceptors (Lipinski definition) is 5. The van der Waals surface area contributed by atoms with Gasteiger partial charge in [-0.25, -0.2) is 9.97 Å². The molecule has 96 valence electrons. The molecule has 0 atom stereocenters. The number of nitrogen functional groups attached to an aromatic ring is 1. The second-order valence-corrected chi connectivity index (χ2v) is 4.29. The molecule has 18 heavy (non-hydrogen) atoms. The Bertz CT molecular complexity index is 527. The Morgan fingerprint density at radius 3 is 2.56 bits per heavy atom. The zero-order valence-electron chi connectivity index (χ0n) is 10.7. The third kappa shape index (κ3) is 3.07. The lowest BCUT2D eigenvalue weighted by atomic mass is 10.3. The van der Waals surface area contributed by atoms with Crippen LogP contribution in [0.2, 0.25) is 0 Å². The summed E-state index contributed by atoms with van der Waals surface area (Å²) in [5, 5.41) is 3.14. The fourth-order valence-electron chi connectivity index (χ4n) is 1.61. The molecule has 0 aliphatic carbocycles. The van der Waals surface area contributed by atoms with Crippen LogP contribution >= 0.6 is 0 Å². The van der Waals surface area contributed by atoms with E-state index in [1.165, 1.54) is 0 Å². The highest BCUT2D eigenvalue weighted by Gasteiger charge is 2.04. The van der Waals surface area contributed by atoms with E-state index in [1.807, 2.05) is 38.1 Å². The molecule has 5 heteroatoms. The molecule has 0 radical (unpaired) electrons. The van der Waals surface area contributed by atoms with Gasteiger partial charge in [-0.05, 0) is 26.0 Å². The van der Waals surface area contributed by atoms with Crippen LogP contribution in [0, 0.1) is 0 Å². The van der Waals surface area contributed by atoms with E-state index in [0.717, 1.165) is 11.0 Å². The van der Waals surface area contributed by atoms with E-state index in [9.17, 15) is 0 Å². The van der Waals surface area contributed by atoms with Crippen LogP contribution in [-0.4, -0.2) is 29.2 Å². The second kappa shape index (κ2) is 5.64. The number of rotatable bonds is 5. The molecule has 2 rings (SSSR count). The van der Waals surface area contributed by atoms with Gasteiger partial charge in [-0.1, -0.05) is 12.1 Å². The fraction of sp³-hybridized carbons (Fsp3) is 0.385. The van der Waals surface area contributed by atoms with Gasteiger partial charge in [0.25, 0.3) is 0 Å². The van der Waals surface area contributed by atoms with Crippen molar-refractivity contribution in [3.05, 3.63) is 24.3 Å². The van der Waals surface area contributed by atoms with Crippen LogP contribution in [0.15, 0.2) is 24.3 Å². The van der Waals surface area contributed by atoms with Crippen LogP contribution in [0.1, 0.15) is 13.8 Å². The van der Waals surface area contributed by atoms with Crippen LogP contribution in [-0.2, 0) is 4.74 Å².